The van der Waals surface area contributed by atoms with Crippen molar-refractivity contribution in [2.45, 2.75) is 31.0 Å². The lowest BCUT2D eigenvalue weighted by Gasteiger charge is -2.25. The summed E-state index contributed by atoms with van der Waals surface area (Å²) >= 11 is 1.49. The van der Waals surface area contributed by atoms with Gasteiger partial charge in [-0.05, 0) is 34.0 Å². The molecule has 0 aliphatic carbocycles. The van der Waals surface area contributed by atoms with Crippen LogP contribution in [0.4, 0.5) is 0 Å². The van der Waals surface area contributed by atoms with E-state index in [4.69, 9.17) is 4.74 Å². The number of morpholine rings is 1. The van der Waals surface area contributed by atoms with E-state index in [1.807, 2.05) is 12.1 Å². The fourth-order valence-corrected chi connectivity index (χ4v) is 3.68. The summed E-state index contributed by atoms with van der Waals surface area (Å²) in [5.74, 6) is 1.07. The van der Waals surface area contributed by atoms with E-state index in [0.29, 0.717) is 16.8 Å². The van der Waals surface area contributed by atoms with E-state index in [0.717, 1.165) is 38.5 Å². The van der Waals surface area contributed by atoms with Crippen LogP contribution < -0.4 is 4.90 Å². The molecule has 25 heavy (non-hydrogen) atoms. The Morgan fingerprint density at radius 2 is 1.96 bits per heavy atom. The fourth-order valence-electron chi connectivity index (χ4n) is 2.86. The Bertz CT molecular complexity index is 655. The van der Waals surface area contributed by atoms with Gasteiger partial charge in [-0.25, -0.2) is 0 Å². The van der Waals surface area contributed by atoms with E-state index >= 15 is 0 Å². The molecule has 0 amide bonds. The summed E-state index contributed by atoms with van der Waals surface area (Å²) in [6, 6.07) is 8.27. The quantitative estimate of drug-likeness (QED) is 0.682. The zero-order chi connectivity index (χ0) is 17.6. The Morgan fingerprint density at radius 1 is 1.24 bits per heavy atom. The van der Waals surface area contributed by atoms with Crippen LogP contribution in [0.25, 0.3) is 5.69 Å². The third-order valence-corrected chi connectivity index (χ3v) is 5.44. The number of quaternary nitrogens is 1. The lowest BCUT2D eigenvalue weighted by atomic mass is 10.0. The zero-order valence-electron chi connectivity index (χ0n) is 14.8. The normalized spacial score (nSPS) is 17.1. The van der Waals surface area contributed by atoms with Crippen LogP contribution in [0.5, 0.6) is 0 Å². The van der Waals surface area contributed by atoms with Gasteiger partial charge in [0.05, 0.1) is 18.9 Å². The highest BCUT2D eigenvalue weighted by molar-refractivity contribution is 7.99. The minimum Gasteiger partial charge on any atom is -0.386 e. The molecule has 0 bridgehead atoms. The number of hydrogen-bond acceptors (Lipinski definition) is 6. The van der Waals surface area contributed by atoms with Crippen LogP contribution in [-0.2, 0) is 4.74 Å². The predicted molar refractivity (Wildman–Crippen MR) is 96.4 cm³/mol. The lowest BCUT2D eigenvalue weighted by Crippen LogP contribution is -3.15. The van der Waals surface area contributed by atoms with E-state index in [2.05, 4.69) is 41.5 Å². The van der Waals surface area contributed by atoms with Crippen LogP contribution >= 0.6 is 11.8 Å². The number of rotatable bonds is 7. The number of nitrogens with one attached hydrogen (secondary N) is 1. The van der Waals surface area contributed by atoms with Crippen LogP contribution in [0.1, 0.15) is 25.3 Å². The Balaban J connectivity index is 1.57. The van der Waals surface area contributed by atoms with Crippen molar-refractivity contribution in [3.63, 3.8) is 0 Å². The largest absolute Gasteiger partial charge is 0.386 e. The van der Waals surface area contributed by atoms with Crippen LogP contribution in [0.2, 0.25) is 0 Å². The fraction of sp³-hybridized carbons (Fsp3) is 0.588. The van der Waals surface area contributed by atoms with Crippen molar-refractivity contribution in [1.29, 1.82) is 0 Å². The molecule has 136 valence electrons. The molecule has 2 N–H and O–H groups in total. The number of aliphatic hydroxyl groups excluding tert-OH is 1. The second-order valence-corrected chi connectivity index (χ2v) is 7.64. The molecule has 3 rings (SSSR count). The molecule has 1 aliphatic rings. The van der Waals surface area contributed by atoms with Gasteiger partial charge in [0.2, 0.25) is 5.16 Å². The molecule has 0 spiro atoms. The van der Waals surface area contributed by atoms with Gasteiger partial charge in [0.1, 0.15) is 25.7 Å². The standard InChI is InChI=1S/C17H25N5O2S/c1-13(2)14-3-5-15(6-4-14)22-17(18-19-20-22)25-12-16(23)11-21-7-9-24-10-8-21/h3-6,13,16,23H,7-12H2,1-2H3/p+1/t16-/m1/s1. The monoisotopic (exact) mass is 364 g/mol. The van der Waals surface area contributed by atoms with Gasteiger partial charge >= 0.3 is 0 Å². The van der Waals surface area contributed by atoms with Crippen molar-refractivity contribution in [3.8, 4) is 5.69 Å². The molecule has 1 saturated heterocycles. The Labute approximate surface area is 152 Å². The first-order valence-electron chi connectivity index (χ1n) is 8.74. The highest BCUT2D eigenvalue weighted by Gasteiger charge is 2.19. The van der Waals surface area contributed by atoms with E-state index < -0.39 is 0 Å². The molecular formula is C17H26N5O2S+. The van der Waals surface area contributed by atoms with Crippen LogP contribution in [-0.4, -0.2) is 70.0 Å². The van der Waals surface area contributed by atoms with Gasteiger partial charge in [-0.1, -0.05) is 37.7 Å². The molecule has 1 atom stereocenters. The van der Waals surface area contributed by atoms with E-state index in [9.17, 15) is 5.11 Å². The Morgan fingerprint density at radius 3 is 2.64 bits per heavy atom. The smallest absolute Gasteiger partial charge is 0.214 e. The van der Waals surface area contributed by atoms with E-state index in [1.54, 1.807) is 4.68 Å². The van der Waals surface area contributed by atoms with Crippen LogP contribution in [0, 0.1) is 0 Å². The first-order chi connectivity index (χ1) is 12.1. The zero-order valence-corrected chi connectivity index (χ0v) is 15.6. The number of ether oxygens (including phenoxy) is 1. The summed E-state index contributed by atoms with van der Waals surface area (Å²) in [6.07, 6.45) is -0.383. The average Bonchev–Trinajstić information content (AvgIpc) is 3.09. The molecule has 0 saturated carbocycles. The molecule has 1 fully saturated rings. The third kappa shape index (κ3) is 5.01. The molecule has 8 heteroatoms. The minimum atomic E-state index is -0.383. The number of aromatic nitrogens is 4. The number of tetrazole rings is 1. The molecule has 1 aromatic heterocycles. The third-order valence-electron chi connectivity index (χ3n) is 4.37. The van der Waals surface area contributed by atoms with E-state index in [-0.39, 0.29) is 6.10 Å². The van der Waals surface area contributed by atoms with Gasteiger partial charge in [-0.3, -0.25) is 0 Å². The number of thioether (sulfide) groups is 1. The summed E-state index contributed by atoms with van der Waals surface area (Å²) in [4.78, 5) is 1.39. The van der Waals surface area contributed by atoms with Crippen LogP contribution in [0.15, 0.2) is 29.4 Å². The second-order valence-electron chi connectivity index (χ2n) is 6.65. The predicted octanol–water partition coefficient (Wildman–Crippen LogP) is 0.154. The van der Waals surface area contributed by atoms with Gasteiger partial charge in [0.15, 0.2) is 0 Å². The Kier molecular flexibility index (Phi) is 6.41. The molecule has 1 aliphatic heterocycles. The molecule has 1 aromatic carbocycles. The van der Waals surface area contributed by atoms with Crippen molar-refractivity contribution in [2.24, 2.45) is 0 Å². The maximum atomic E-state index is 10.3. The van der Waals surface area contributed by atoms with Crippen molar-refractivity contribution in [2.75, 3.05) is 38.6 Å². The van der Waals surface area contributed by atoms with Crippen molar-refractivity contribution in [3.05, 3.63) is 29.8 Å². The summed E-state index contributed by atoms with van der Waals surface area (Å²) in [7, 11) is 0. The SMILES string of the molecule is CC(C)c1ccc(-n2nnnc2SC[C@H](O)C[NH+]2CCOCC2)cc1. The van der Waals surface area contributed by atoms with Gasteiger partial charge in [-0.15, -0.1) is 5.10 Å². The minimum absolute atomic E-state index is 0.383. The van der Waals surface area contributed by atoms with Gasteiger partial charge in [0.25, 0.3) is 0 Å². The first-order valence-corrected chi connectivity index (χ1v) is 9.73. The molecule has 2 heterocycles. The summed E-state index contributed by atoms with van der Waals surface area (Å²) < 4.78 is 7.08. The highest BCUT2D eigenvalue weighted by Crippen LogP contribution is 2.21. The number of hydrogen-bond donors (Lipinski definition) is 2. The van der Waals surface area contributed by atoms with Gasteiger partial charge in [-0.2, -0.15) is 4.68 Å². The van der Waals surface area contributed by atoms with Crippen molar-refractivity contribution >= 4 is 11.8 Å². The van der Waals surface area contributed by atoms with Gasteiger partial charge < -0.3 is 14.7 Å². The maximum absolute atomic E-state index is 10.3. The summed E-state index contributed by atoms with van der Waals surface area (Å²) in [5, 5.41) is 23.0. The molecule has 7 nitrogen and oxygen atoms in total. The maximum Gasteiger partial charge on any atom is 0.214 e. The number of benzene rings is 1. The Hall–Kier alpha value is -1.48. The second kappa shape index (κ2) is 8.75. The molecule has 0 radical (unpaired) electrons. The number of nitrogens with zero attached hydrogens (tertiary/aromatic N) is 4. The summed E-state index contributed by atoms with van der Waals surface area (Å²) in [6.45, 7) is 8.56. The molecule has 0 unspecified atom stereocenters. The van der Waals surface area contributed by atoms with E-state index in [1.165, 1.54) is 22.2 Å². The highest BCUT2D eigenvalue weighted by atomic mass is 32.2. The number of aliphatic hydroxyl groups is 1. The van der Waals surface area contributed by atoms with Gasteiger partial charge in [0, 0.05) is 5.75 Å². The lowest BCUT2D eigenvalue weighted by molar-refractivity contribution is -0.910. The molecule has 2 aromatic rings. The average molecular weight is 364 g/mol. The van der Waals surface area contributed by atoms with Crippen LogP contribution in [0.3, 0.4) is 0 Å². The van der Waals surface area contributed by atoms with Crippen molar-refractivity contribution < 1.29 is 14.7 Å². The summed E-state index contributed by atoms with van der Waals surface area (Å²) in [5.41, 5.74) is 2.22. The molecular weight excluding hydrogens is 338 g/mol. The topological polar surface area (TPSA) is 77.5 Å². The van der Waals surface area contributed by atoms with Crippen molar-refractivity contribution in [1.82, 2.24) is 20.2 Å². The first kappa shape index (κ1) is 18.3.